The lowest BCUT2D eigenvalue weighted by atomic mass is 10.1. The number of hydrogen-bond donors (Lipinski definition) is 1. The summed E-state index contributed by atoms with van der Waals surface area (Å²) in [6, 6.07) is 21.8. The molecule has 0 aliphatic carbocycles. The van der Waals surface area contributed by atoms with Gasteiger partial charge in [-0.3, -0.25) is 13.9 Å². The average molecular weight is 587 g/mol. The van der Waals surface area contributed by atoms with Crippen molar-refractivity contribution in [2.24, 2.45) is 0 Å². The highest BCUT2D eigenvalue weighted by Gasteiger charge is 2.32. The number of aryl methyl sites for hydroxylation is 1. The molecule has 0 aliphatic rings. The minimum atomic E-state index is -4.08. The number of carbonyl (C=O) groups excluding carboxylic acids is 2. The third-order valence-electron chi connectivity index (χ3n) is 5.90. The summed E-state index contributed by atoms with van der Waals surface area (Å²) in [4.78, 5) is 28.1. The second-order valence-electron chi connectivity index (χ2n) is 8.78. The Labute approximate surface area is 227 Å². The number of rotatable bonds is 11. The van der Waals surface area contributed by atoms with E-state index in [9.17, 15) is 18.0 Å². The Kier molecular flexibility index (Phi) is 9.88. The van der Waals surface area contributed by atoms with Crippen LogP contribution in [0.2, 0.25) is 0 Å². The molecule has 3 aromatic carbocycles. The lowest BCUT2D eigenvalue weighted by Crippen LogP contribution is -2.51. The monoisotopic (exact) mass is 585 g/mol. The van der Waals surface area contributed by atoms with Crippen LogP contribution in [0.4, 0.5) is 5.69 Å². The summed E-state index contributed by atoms with van der Waals surface area (Å²) >= 11 is 3.40. The quantitative estimate of drug-likeness (QED) is 0.347. The third-order valence-corrected chi connectivity index (χ3v) is 8.18. The molecule has 7 nitrogen and oxygen atoms in total. The summed E-state index contributed by atoms with van der Waals surface area (Å²) in [6.45, 7) is 5.66. The zero-order valence-electron chi connectivity index (χ0n) is 21.2. The molecular weight excluding hydrogens is 554 g/mol. The standard InChI is InChI=1S/C28H32BrN3O4S/c1-4-17-30-28(34)22(3)31(19-23-9-6-5-7-10-23)27(33)20-32(25-12-8-11-24(29)18-25)37(35,36)26-15-13-21(2)14-16-26/h5-16,18,22H,4,17,19-20H2,1-3H3,(H,30,34)/t22-/m0/s1. The van der Waals surface area contributed by atoms with E-state index in [2.05, 4.69) is 21.2 Å². The largest absolute Gasteiger partial charge is 0.354 e. The van der Waals surface area contributed by atoms with Gasteiger partial charge in [-0.15, -0.1) is 0 Å². The molecule has 0 spiro atoms. The molecule has 3 rings (SSSR count). The van der Waals surface area contributed by atoms with E-state index in [1.54, 1.807) is 43.3 Å². The fourth-order valence-corrected chi connectivity index (χ4v) is 5.55. The number of sulfonamides is 1. The summed E-state index contributed by atoms with van der Waals surface area (Å²) in [6.07, 6.45) is 0.760. The molecular formula is C28H32BrN3O4S. The van der Waals surface area contributed by atoms with Crippen molar-refractivity contribution in [1.82, 2.24) is 10.2 Å². The van der Waals surface area contributed by atoms with Crippen molar-refractivity contribution in [2.75, 3.05) is 17.4 Å². The third kappa shape index (κ3) is 7.42. The maximum Gasteiger partial charge on any atom is 0.264 e. The average Bonchev–Trinajstić information content (AvgIpc) is 2.89. The summed E-state index contributed by atoms with van der Waals surface area (Å²) in [5.41, 5.74) is 2.09. The molecule has 196 valence electrons. The SMILES string of the molecule is CCCNC(=O)[C@H](C)N(Cc1ccccc1)C(=O)CN(c1cccc(Br)c1)S(=O)(=O)c1ccc(C)cc1. The van der Waals surface area contributed by atoms with Gasteiger partial charge in [0.2, 0.25) is 11.8 Å². The van der Waals surface area contributed by atoms with E-state index in [1.165, 1.54) is 17.0 Å². The van der Waals surface area contributed by atoms with Crippen molar-refractivity contribution < 1.29 is 18.0 Å². The van der Waals surface area contributed by atoms with Crippen molar-refractivity contribution in [3.63, 3.8) is 0 Å². The van der Waals surface area contributed by atoms with Crippen LogP contribution in [0.25, 0.3) is 0 Å². The first kappa shape index (κ1) is 28.4. The van der Waals surface area contributed by atoms with Crippen LogP contribution in [0.3, 0.4) is 0 Å². The Morgan fingerprint density at radius 3 is 2.27 bits per heavy atom. The zero-order valence-corrected chi connectivity index (χ0v) is 23.6. The molecule has 3 aromatic rings. The van der Waals surface area contributed by atoms with Crippen LogP contribution in [-0.2, 0) is 26.2 Å². The number of amides is 2. The highest BCUT2D eigenvalue weighted by molar-refractivity contribution is 9.10. The first-order valence-electron chi connectivity index (χ1n) is 12.1. The van der Waals surface area contributed by atoms with E-state index < -0.39 is 28.5 Å². The summed E-state index contributed by atoms with van der Waals surface area (Å²) in [5, 5.41) is 2.84. The molecule has 0 aliphatic heterocycles. The predicted molar refractivity (Wildman–Crippen MR) is 150 cm³/mol. The van der Waals surface area contributed by atoms with Gasteiger partial charge in [0.1, 0.15) is 12.6 Å². The molecule has 1 atom stereocenters. The van der Waals surface area contributed by atoms with Crippen molar-refractivity contribution >= 4 is 43.5 Å². The van der Waals surface area contributed by atoms with E-state index in [4.69, 9.17) is 0 Å². The maximum atomic E-state index is 13.8. The second kappa shape index (κ2) is 12.9. The van der Waals surface area contributed by atoms with Crippen LogP contribution < -0.4 is 9.62 Å². The number of nitrogens with zero attached hydrogens (tertiary/aromatic N) is 2. The molecule has 0 aromatic heterocycles. The van der Waals surface area contributed by atoms with E-state index in [0.29, 0.717) is 16.7 Å². The maximum absolute atomic E-state index is 13.8. The van der Waals surface area contributed by atoms with Gasteiger partial charge in [-0.05, 0) is 56.2 Å². The Hall–Kier alpha value is -3.17. The van der Waals surface area contributed by atoms with Crippen LogP contribution >= 0.6 is 15.9 Å². The summed E-state index contributed by atoms with van der Waals surface area (Å²) in [5.74, 6) is -0.778. The first-order chi connectivity index (χ1) is 17.6. The van der Waals surface area contributed by atoms with Crippen molar-refractivity contribution in [1.29, 1.82) is 0 Å². The van der Waals surface area contributed by atoms with Crippen LogP contribution in [0.1, 0.15) is 31.4 Å². The molecule has 0 bridgehead atoms. The topological polar surface area (TPSA) is 86.8 Å². The van der Waals surface area contributed by atoms with E-state index in [0.717, 1.165) is 21.9 Å². The Morgan fingerprint density at radius 2 is 1.65 bits per heavy atom. The van der Waals surface area contributed by atoms with Crippen LogP contribution in [0.15, 0.2) is 88.2 Å². The molecule has 0 saturated carbocycles. The van der Waals surface area contributed by atoms with Gasteiger partial charge >= 0.3 is 0 Å². The smallest absolute Gasteiger partial charge is 0.264 e. The lowest BCUT2D eigenvalue weighted by molar-refractivity contribution is -0.139. The molecule has 2 amide bonds. The van der Waals surface area contributed by atoms with Gasteiger partial charge in [0, 0.05) is 17.6 Å². The van der Waals surface area contributed by atoms with Gasteiger partial charge in [-0.2, -0.15) is 0 Å². The van der Waals surface area contributed by atoms with Crippen LogP contribution in [-0.4, -0.2) is 44.3 Å². The molecule has 0 heterocycles. The highest BCUT2D eigenvalue weighted by atomic mass is 79.9. The minimum Gasteiger partial charge on any atom is -0.354 e. The summed E-state index contributed by atoms with van der Waals surface area (Å²) in [7, 11) is -4.08. The minimum absolute atomic E-state index is 0.0780. The summed E-state index contributed by atoms with van der Waals surface area (Å²) < 4.78 is 29.3. The number of nitrogens with one attached hydrogen (secondary N) is 1. The van der Waals surface area contributed by atoms with Gasteiger partial charge in [-0.25, -0.2) is 8.42 Å². The molecule has 0 saturated heterocycles. The van der Waals surface area contributed by atoms with Crippen LogP contribution in [0, 0.1) is 6.92 Å². The van der Waals surface area contributed by atoms with Crippen LogP contribution in [0.5, 0.6) is 0 Å². The van der Waals surface area contributed by atoms with Crippen molar-refractivity contribution in [3.8, 4) is 0 Å². The van der Waals surface area contributed by atoms with Gasteiger partial charge < -0.3 is 10.2 Å². The highest BCUT2D eigenvalue weighted by Crippen LogP contribution is 2.27. The fraction of sp³-hybridized carbons (Fsp3) is 0.286. The first-order valence-corrected chi connectivity index (χ1v) is 14.3. The Morgan fingerprint density at radius 1 is 0.973 bits per heavy atom. The zero-order chi connectivity index (χ0) is 27.0. The van der Waals surface area contributed by atoms with Gasteiger partial charge in [-0.1, -0.05) is 76.9 Å². The Balaban J connectivity index is 2.00. The molecule has 0 fully saturated rings. The molecule has 1 N–H and O–H groups in total. The van der Waals surface area contributed by atoms with E-state index >= 15 is 0 Å². The number of benzene rings is 3. The Bertz CT molecular complexity index is 1310. The van der Waals surface area contributed by atoms with Gasteiger partial charge in [0.05, 0.1) is 10.6 Å². The number of hydrogen-bond acceptors (Lipinski definition) is 4. The number of anilines is 1. The molecule has 0 radical (unpaired) electrons. The number of halogens is 1. The second-order valence-corrected chi connectivity index (χ2v) is 11.6. The molecule has 0 unspecified atom stereocenters. The molecule has 37 heavy (non-hydrogen) atoms. The van der Waals surface area contributed by atoms with Crippen molar-refractivity contribution in [3.05, 3.63) is 94.5 Å². The normalized spacial score (nSPS) is 12.0. The number of carbonyl (C=O) groups is 2. The van der Waals surface area contributed by atoms with E-state index in [1.807, 2.05) is 44.2 Å². The fourth-order valence-electron chi connectivity index (χ4n) is 3.76. The predicted octanol–water partition coefficient (Wildman–Crippen LogP) is 4.90. The lowest BCUT2D eigenvalue weighted by Gasteiger charge is -2.32. The molecule has 9 heteroatoms. The van der Waals surface area contributed by atoms with Gasteiger partial charge in [0.15, 0.2) is 0 Å². The van der Waals surface area contributed by atoms with Gasteiger partial charge in [0.25, 0.3) is 10.0 Å². The van der Waals surface area contributed by atoms with Crippen molar-refractivity contribution in [2.45, 2.75) is 44.7 Å². The van der Waals surface area contributed by atoms with E-state index in [-0.39, 0.29) is 17.3 Å².